The predicted molar refractivity (Wildman–Crippen MR) is 75.5 cm³/mol. The third kappa shape index (κ3) is 3.39. The van der Waals surface area contributed by atoms with Crippen LogP contribution in [0.5, 0.6) is 11.5 Å². The molecule has 0 aliphatic carbocycles. The topological polar surface area (TPSA) is 44.5 Å². The van der Waals surface area contributed by atoms with Crippen LogP contribution in [0, 0.1) is 12.8 Å². The molecular weight excluding hydrogens is 226 g/mol. The molecule has 0 bridgehead atoms. The number of aryl methyl sites for hydroxylation is 1. The molecule has 0 amide bonds. The van der Waals surface area contributed by atoms with Gasteiger partial charge in [0.05, 0.1) is 14.2 Å². The summed E-state index contributed by atoms with van der Waals surface area (Å²) in [5.74, 6) is 2.57. The number of ether oxygens (including phenoxy) is 2. The smallest absolute Gasteiger partial charge is 0.161 e. The summed E-state index contributed by atoms with van der Waals surface area (Å²) in [6.45, 7) is 7.20. The van der Waals surface area contributed by atoms with Crippen molar-refractivity contribution in [2.75, 3.05) is 20.8 Å². The van der Waals surface area contributed by atoms with Gasteiger partial charge in [-0.25, -0.2) is 0 Å². The number of hydrogen-bond donors (Lipinski definition) is 1. The van der Waals surface area contributed by atoms with Crippen LogP contribution >= 0.6 is 0 Å². The molecule has 102 valence electrons. The van der Waals surface area contributed by atoms with E-state index in [1.165, 1.54) is 11.1 Å². The van der Waals surface area contributed by atoms with E-state index in [9.17, 15) is 0 Å². The van der Waals surface area contributed by atoms with Gasteiger partial charge in [0, 0.05) is 0 Å². The minimum absolute atomic E-state index is 0.379. The largest absolute Gasteiger partial charge is 0.493 e. The summed E-state index contributed by atoms with van der Waals surface area (Å²) in [5.41, 5.74) is 8.39. The van der Waals surface area contributed by atoms with Crippen molar-refractivity contribution in [3.63, 3.8) is 0 Å². The van der Waals surface area contributed by atoms with Crippen molar-refractivity contribution < 1.29 is 9.47 Å². The SMILES string of the molecule is COc1cc(C)c(C(CN)CC(C)C)cc1OC. The Morgan fingerprint density at radius 3 is 2.11 bits per heavy atom. The molecule has 2 N–H and O–H groups in total. The summed E-state index contributed by atoms with van der Waals surface area (Å²) in [7, 11) is 3.32. The van der Waals surface area contributed by atoms with Crippen LogP contribution in [0.15, 0.2) is 12.1 Å². The molecule has 18 heavy (non-hydrogen) atoms. The summed E-state index contributed by atoms with van der Waals surface area (Å²) in [5, 5.41) is 0. The number of hydrogen-bond acceptors (Lipinski definition) is 3. The normalized spacial score (nSPS) is 12.6. The number of benzene rings is 1. The highest BCUT2D eigenvalue weighted by atomic mass is 16.5. The van der Waals surface area contributed by atoms with Crippen LogP contribution in [0.1, 0.15) is 37.3 Å². The van der Waals surface area contributed by atoms with E-state index >= 15 is 0 Å². The zero-order valence-electron chi connectivity index (χ0n) is 12.1. The Hall–Kier alpha value is -1.22. The molecule has 0 saturated carbocycles. The number of methoxy groups -OCH3 is 2. The molecular formula is C15H25NO2. The molecule has 1 aromatic carbocycles. The summed E-state index contributed by atoms with van der Waals surface area (Å²) >= 11 is 0. The zero-order valence-corrected chi connectivity index (χ0v) is 12.1. The standard InChI is InChI=1S/C15H25NO2/c1-10(2)6-12(9-16)13-8-15(18-5)14(17-4)7-11(13)3/h7-8,10,12H,6,9,16H2,1-5H3. The fourth-order valence-corrected chi connectivity index (χ4v) is 2.36. The fraction of sp³-hybridized carbons (Fsp3) is 0.600. The van der Waals surface area contributed by atoms with Gasteiger partial charge >= 0.3 is 0 Å². The van der Waals surface area contributed by atoms with E-state index in [4.69, 9.17) is 15.2 Å². The maximum absolute atomic E-state index is 5.91. The van der Waals surface area contributed by atoms with Gasteiger partial charge in [-0.3, -0.25) is 0 Å². The summed E-state index contributed by atoms with van der Waals surface area (Å²) in [6.07, 6.45) is 1.09. The lowest BCUT2D eigenvalue weighted by Gasteiger charge is -2.21. The van der Waals surface area contributed by atoms with Crippen LogP contribution in [0.4, 0.5) is 0 Å². The highest BCUT2D eigenvalue weighted by Gasteiger charge is 2.17. The summed E-state index contributed by atoms with van der Waals surface area (Å²) in [4.78, 5) is 0. The first-order valence-corrected chi connectivity index (χ1v) is 6.46. The van der Waals surface area contributed by atoms with E-state index in [2.05, 4.69) is 26.8 Å². The van der Waals surface area contributed by atoms with Crippen LogP contribution in [-0.2, 0) is 0 Å². The van der Waals surface area contributed by atoms with Crippen LogP contribution in [0.3, 0.4) is 0 Å². The second kappa shape index (κ2) is 6.64. The monoisotopic (exact) mass is 251 g/mol. The average molecular weight is 251 g/mol. The van der Waals surface area contributed by atoms with Crippen LogP contribution in [0.2, 0.25) is 0 Å². The molecule has 0 spiro atoms. The Morgan fingerprint density at radius 1 is 1.11 bits per heavy atom. The zero-order chi connectivity index (χ0) is 13.7. The second-order valence-corrected chi connectivity index (χ2v) is 5.13. The van der Waals surface area contributed by atoms with Gasteiger partial charge in [0.25, 0.3) is 0 Å². The first-order valence-electron chi connectivity index (χ1n) is 6.46. The van der Waals surface area contributed by atoms with E-state index in [1.54, 1.807) is 14.2 Å². The molecule has 3 nitrogen and oxygen atoms in total. The van der Waals surface area contributed by atoms with Crippen molar-refractivity contribution in [1.29, 1.82) is 0 Å². The molecule has 0 radical (unpaired) electrons. The average Bonchev–Trinajstić information content (AvgIpc) is 2.35. The van der Waals surface area contributed by atoms with E-state index in [-0.39, 0.29) is 0 Å². The van der Waals surface area contributed by atoms with Crippen LogP contribution in [-0.4, -0.2) is 20.8 Å². The van der Waals surface area contributed by atoms with Gasteiger partial charge in [-0.2, -0.15) is 0 Å². The maximum atomic E-state index is 5.91. The molecule has 0 saturated heterocycles. The van der Waals surface area contributed by atoms with E-state index in [0.717, 1.165) is 17.9 Å². The number of nitrogens with two attached hydrogens (primary N) is 1. The minimum atomic E-state index is 0.379. The van der Waals surface area contributed by atoms with Crippen molar-refractivity contribution in [3.8, 4) is 11.5 Å². The van der Waals surface area contributed by atoms with Gasteiger partial charge in [-0.1, -0.05) is 13.8 Å². The highest BCUT2D eigenvalue weighted by Crippen LogP contribution is 2.35. The number of rotatable bonds is 6. The van der Waals surface area contributed by atoms with Crippen molar-refractivity contribution in [2.24, 2.45) is 11.7 Å². The van der Waals surface area contributed by atoms with Crippen LogP contribution < -0.4 is 15.2 Å². The van der Waals surface area contributed by atoms with Gasteiger partial charge in [0.1, 0.15) is 0 Å². The maximum Gasteiger partial charge on any atom is 0.161 e. The summed E-state index contributed by atoms with van der Waals surface area (Å²) in [6, 6.07) is 4.09. The molecule has 0 aromatic heterocycles. The lowest BCUT2D eigenvalue weighted by molar-refractivity contribution is 0.353. The first kappa shape index (κ1) is 14.8. The Balaban J connectivity index is 3.14. The van der Waals surface area contributed by atoms with Crippen molar-refractivity contribution in [1.82, 2.24) is 0 Å². The minimum Gasteiger partial charge on any atom is -0.493 e. The fourth-order valence-electron chi connectivity index (χ4n) is 2.36. The van der Waals surface area contributed by atoms with E-state index in [1.807, 2.05) is 6.07 Å². The predicted octanol–water partition coefficient (Wildman–Crippen LogP) is 3.10. The molecule has 1 unspecified atom stereocenters. The van der Waals surface area contributed by atoms with Crippen molar-refractivity contribution in [2.45, 2.75) is 33.1 Å². The highest BCUT2D eigenvalue weighted by molar-refractivity contribution is 5.48. The molecule has 0 aliphatic rings. The third-order valence-electron chi connectivity index (χ3n) is 3.25. The van der Waals surface area contributed by atoms with Gasteiger partial charge in [0.2, 0.25) is 0 Å². The third-order valence-corrected chi connectivity index (χ3v) is 3.25. The molecule has 3 heteroatoms. The van der Waals surface area contributed by atoms with E-state index in [0.29, 0.717) is 18.4 Å². The Bertz CT molecular complexity index is 388. The van der Waals surface area contributed by atoms with Crippen molar-refractivity contribution in [3.05, 3.63) is 23.3 Å². The lowest BCUT2D eigenvalue weighted by Crippen LogP contribution is -2.16. The first-order chi connectivity index (χ1) is 8.53. The van der Waals surface area contributed by atoms with E-state index < -0.39 is 0 Å². The Morgan fingerprint density at radius 2 is 1.67 bits per heavy atom. The Kier molecular flexibility index (Phi) is 5.48. The molecule has 1 atom stereocenters. The molecule has 1 aromatic rings. The quantitative estimate of drug-likeness (QED) is 0.845. The van der Waals surface area contributed by atoms with Gasteiger partial charge in [0.15, 0.2) is 11.5 Å². The van der Waals surface area contributed by atoms with Gasteiger partial charge < -0.3 is 15.2 Å². The molecule has 0 heterocycles. The van der Waals surface area contributed by atoms with Crippen LogP contribution in [0.25, 0.3) is 0 Å². The Labute approximate surface area is 110 Å². The van der Waals surface area contributed by atoms with Gasteiger partial charge in [-0.05, 0) is 55.0 Å². The molecule has 0 fully saturated rings. The van der Waals surface area contributed by atoms with Gasteiger partial charge in [-0.15, -0.1) is 0 Å². The van der Waals surface area contributed by atoms with Crippen molar-refractivity contribution >= 4 is 0 Å². The second-order valence-electron chi connectivity index (χ2n) is 5.13. The summed E-state index contributed by atoms with van der Waals surface area (Å²) < 4.78 is 10.7. The molecule has 0 aliphatic heterocycles. The lowest BCUT2D eigenvalue weighted by atomic mass is 9.87. The molecule has 1 rings (SSSR count).